The molecule has 3 aromatic heterocycles. The number of nitrogens with two attached hydrogens (primary N) is 1. The first-order valence-electron chi connectivity index (χ1n) is 8.19. The monoisotopic (exact) mass is 396 g/mol. The van der Waals surface area contributed by atoms with Crippen LogP contribution in [0.25, 0.3) is 16.7 Å². The van der Waals surface area contributed by atoms with Gasteiger partial charge in [-0.1, -0.05) is 0 Å². The molecule has 0 fully saturated rings. The van der Waals surface area contributed by atoms with Gasteiger partial charge < -0.3 is 11.1 Å². The number of nitrogens with one attached hydrogen (secondary N) is 1. The van der Waals surface area contributed by atoms with Gasteiger partial charge in [0, 0.05) is 18.2 Å². The topological polar surface area (TPSA) is 118 Å². The van der Waals surface area contributed by atoms with Crippen LogP contribution in [0.4, 0.5) is 24.8 Å². The van der Waals surface area contributed by atoms with Gasteiger partial charge in [0.05, 0.1) is 35.7 Å². The Morgan fingerprint density at radius 3 is 2.66 bits per heavy atom. The highest BCUT2D eigenvalue weighted by Crippen LogP contribution is 2.25. The van der Waals surface area contributed by atoms with Crippen LogP contribution in [0.1, 0.15) is 11.4 Å². The van der Waals surface area contributed by atoms with E-state index in [0.717, 1.165) is 18.3 Å². The molecule has 0 amide bonds. The van der Waals surface area contributed by atoms with Gasteiger partial charge in [0.1, 0.15) is 41.2 Å². The van der Waals surface area contributed by atoms with Crippen molar-refractivity contribution in [1.82, 2.24) is 24.5 Å². The second kappa shape index (κ2) is 7.08. The first-order valence-corrected chi connectivity index (χ1v) is 8.19. The predicted octanol–water partition coefficient (Wildman–Crippen LogP) is 2.69. The first kappa shape index (κ1) is 18.2. The maximum Gasteiger partial charge on any atom is 0.161 e. The molecule has 4 aromatic rings. The molecule has 0 spiro atoms. The lowest BCUT2D eigenvalue weighted by molar-refractivity contribution is 0.510. The minimum Gasteiger partial charge on any atom is -0.382 e. The maximum atomic E-state index is 13.8. The molecule has 0 aliphatic rings. The van der Waals surface area contributed by atoms with Crippen LogP contribution in [0.5, 0.6) is 0 Å². The summed E-state index contributed by atoms with van der Waals surface area (Å²) in [5.74, 6) is -2.31. The van der Waals surface area contributed by atoms with Gasteiger partial charge in [0.2, 0.25) is 0 Å². The highest BCUT2D eigenvalue weighted by atomic mass is 19.2. The average molecular weight is 396 g/mol. The van der Waals surface area contributed by atoms with Gasteiger partial charge in [-0.2, -0.15) is 5.26 Å². The highest BCUT2D eigenvalue weighted by molar-refractivity contribution is 5.78. The molecule has 0 atom stereocenters. The van der Waals surface area contributed by atoms with E-state index >= 15 is 0 Å². The number of hydrogen-bond acceptors (Lipinski definition) is 7. The van der Waals surface area contributed by atoms with Crippen molar-refractivity contribution >= 4 is 22.7 Å². The molecule has 0 radical (unpaired) electrons. The van der Waals surface area contributed by atoms with E-state index in [0.29, 0.717) is 0 Å². The van der Waals surface area contributed by atoms with Crippen molar-refractivity contribution < 1.29 is 13.2 Å². The minimum absolute atomic E-state index is 0.00280. The Labute approximate surface area is 161 Å². The molecule has 3 heterocycles. The van der Waals surface area contributed by atoms with E-state index in [2.05, 4.69) is 25.3 Å². The van der Waals surface area contributed by atoms with Crippen LogP contribution in [-0.4, -0.2) is 24.5 Å². The van der Waals surface area contributed by atoms with Crippen LogP contribution in [-0.2, 0) is 6.54 Å². The van der Waals surface area contributed by atoms with Crippen LogP contribution in [0.3, 0.4) is 0 Å². The van der Waals surface area contributed by atoms with Gasteiger partial charge in [0.25, 0.3) is 0 Å². The molecular weight excluding hydrogens is 385 g/mol. The largest absolute Gasteiger partial charge is 0.382 e. The highest BCUT2D eigenvalue weighted by Gasteiger charge is 2.17. The zero-order valence-corrected chi connectivity index (χ0v) is 14.6. The van der Waals surface area contributed by atoms with E-state index in [9.17, 15) is 18.4 Å². The number of nitrogen functional groups attached to an aromatic ring is 1. The van der Waals surface area contributed by atoms with E-state index in [1.54, 1.807) is 0 Å². The molecular formula is C18H11F3N8. The number of pyridine rings is 1. The van der Waals surface area contributed by atoms with Gasteiger partial charge in [-0.05, 0) is 0 Å². The summed E-state index contributed by atoms with van der Waals surface area (Å²) in [6.07, 6.45) is 3.56. The molecule has 11 heteroatoms. The fourth-order valence-electron chi connectivity index (χ4n) is 2.86. The predicted molar refractivity (Wildman–Crippen MR) is 97.2 cm³/mol. The van der Waals surface area contributed by atoms with E-state index in [4.69, 9.17) is 5.73 Å². The molecule has 0 saturated carbocycles. The van der Waals surface area contributed by atoms with Crippen molar-refractivity contribution in [2.45, 2.75) is 6.54 Å². The van der Waals surface area contributed by atoms with Crippen molar-refractivity contribution in [2.75, 3.05) is 11.1 Å². The standard InChI is InChI=1S/C18H11F3N8/c19-9-1-10(6-24-5-9)29-15-3-13(21)12(20)2-14(15)28-16(29)7-25-18-11(4-22)17(23)26-8-27-18/h1-3,5-6,8H,7H2,(H3,23,25,26,27). The van der Waals surface area contributed by atoms with E-state index in [1.165, 1.54) is 23.2 Å². The van der Waals surface area contributed by atoms with Crippen molar-refractivity contribution in [3.05, 3.63) is 65.8 Å². The van der Waals surface area contributed by atoms with Crippen LogP contribution in [0.2, 0.25) is 0 Å². The van der Waals surface area contributed by atoms with Gasteiger partial charge in [-0.25, -0.2) is 28.1 Å². The smallest absolute Gasteiger partial charge is 0.161 e. The zero-order chi connectivity index (χ0) is 20.5. The van der Waals surface area contributed by atoms with Gasteiger partial charge >= 0.3 is 0 Å². The van der Waals surface area contributed by atoms with E-state index in [-0.39, 0.29) is 46.3 Å². The van der Waals surface area contributed by atoms with E-state index < -0.39 is 17.5 Å². The molecule has 4 rings (SSSR count). The maximum absolute atomic E-state index is 13.8. The molecule has 0 unspecified atom stereocenters. The Balaban J connectivity index is 1.83. The number of nitrogens with zero attached hydrogens (tertiary/aromatic N) is 6. The third kappa shape index (κ3) is 3.27. The Morgan fingerprint density at radius 2 is 1.90 bits per heavy atom. The summed E-state index contributed by atoms with van der Waals surface area (Å²) >= 11 is 0. The van der Waals surface area contributed by atoms with Gasteiger partial charge in [-0.15, -0.1) is 0 Å². The molecule has 1 aromatic carbocycles. The quantitative estimate of drug-likeness (QED) is 0.544. The number of hydrogen-bond donors (Lipinski definition) is 2. The second-order valence-electron chi connectivity index (χ2n) is 5.93. The van der Waals surface area contributed by atoms with Crippen LogP contribution >= 0.6 is 0 Å². The molecule has 0 bridgehead atoms. The summed E-state index contributed by atoms with van der Waals surface area (Å²) in [4.78, 5) is 15.8. The first-order chi connectivity index (χ1) is 14.0. The Bertz CT molecular complexity index is 1280. The third-order valence-electron chi connectivity index (χ3n) is 4.12. The number of nitriles is 1. The third-order valence-corrected chi connectivity index (χ3v) is 4.12. The average Bonchev–Trinajstić information content (AvgIpc) is 3.03. The van der Waals surface area contributed by atoms with Crippen LogP contribution < -0.4 is 11.1 Å². The number of aromatic nitrogens is 5. The number of anilines is 2. The SMILES string of the molecule is N#Cc1c(N)ncnc1NCc1nc2cc(F)c(F)cc2n1-c1cncc(F)c1. The Kier molecular flexibility index (Phi) is 4.44. The summed E-state index contributed by atoms with van der Waals surface area (Å²) in [5.41, 5.74) is 6.35. The second-order valence-corrected chi connectivity index (χ2v) is 5.93. The molecule has 3 N–H and O–H groups in total. The normalized spacial score (nSPS) is 10.8. The van der Waals surface area contributed by atoms with Gasteiger partial charge in [-0.3, -0.25) is 9.55 Å². The summed E-state index contributed by atoms with van der Waals surface area (Å²) in [7, 11) is 0. The number of halogens is 3. The summed E-state index contributed by atoms with van der Waals surface area (Å²) in [6, 6.07) is 4.99. The molecule has 0 saturated heterocycles. The van der Waals surface area contributed by atoms with Crippen LogP contribution in [0.15, 0.2) is 36.9 Å². The minimum atomic E-state index is -1.07. The van der Waals surface area contributed by atoms with Gasteiger partial charge in [0.15, 0.2) is 11.6 Å². The fourth-order valence-corrected chi connectivity index (χ4v) is 2.86. The lowest BCUT2D eigenvalue weighted by atomic mass is 10.3. The van der Waals surface area contributed by atoms with Crippen molar-refractivity contribution in [2.24, 2.45) is 0 Å². The molecule has 144 valence electrons. The fraction of sp³-hybridized carbons (Fsp3) is 0.0556. The Morgan fingerprint density at radius 1 is 1.10 bits per heavy atom. The lowest BCUT2D eigenvalue weighted by Gasteiger charge is -2.11. The molecule has 0 aliphatic heterocycles. The van der Waals surface area contributed by atoms with Crippen LogP contribution in [0, 0.1) is 28.8 Å². The molecule has 0 aliphatic carbocycles. The summed E-state index contributed by atoms with van der Waals surface area (Å²) in [6.45, 7) is -0.0143. The lowest BCUT2D eigenvalue weighted by Crippen LogP contribution is -2.11. The number of benzene rings is 1. The van der Waals surface area contributed by atoms with E-state index in [1.807, 2.05) is 6.07 Å². The number of fused-ring (bicyclic) bond motifs is 1. The molecule has 29 heavy (non-hydrogen) atoms. The Hall–Kier alpha value is -4.20. The summed E-state index contributed by atoms with van der Waals surface area (Å²) in [5, 5.41) is 12.1. The summed E-state index contributed by atoms with van der Waals surface area (Å²) < 4.78 is 42.7. The number of rotatable bonds is 4. The zero-order valence-electron chi connectivity index (χ0n) is 14.6. The van der Waals surface area contributed by atoms with Crippen molar-refractivity contribution in [1.29, 1.82) is 5.26 Å². The molecule has 8 nitrogen and oxygen atoms in total. The number of imidazole rings is 1. The van der Waals surface area contributed by atoms with Crippen molar-refractivity contribution in [3.63, 3.8) is 0 Å². The van der Waals surface area contributed by atoms with Crippen molar-refractivity contribution in [3.8, 4) is 11.8 Å².